The van der Waals surface area contributed by atoms with Crippen molar-refractivity contribution in [1.29, 1.82) is 0 Å². The smallest absolute Gasteiger partial charge is 0.338 e. The van der Waals surface area contributed by atoms with Crippen LogP contribution in [0.1, 0.15) is 41.9 Å². The average Bonchev–Trinajstić information content (AvgIpc) is 2.61. The molecule has 0 aliphatic carbocycles. The van der Waals surface area contributed by atoms with Crippen LogP contribution in [0.25, 0.3) is 0 Å². The number of hydrogen-bond acceptors (Lipinski definition) is 5. The number of benzene rings is 2. The molecule has 132 valence electrons. The molecule has 0 amide bonds. The number of rotatable bonds is 5. The van der Waals surface area contributed by atoms with Crippen molar-refractivity contribution in [1.82, 2.24) is 4.72 Å². The Morgan fingerprint density at radius 3 is 2.56 bits per heavy atom. The molecule has 1 aliphatic rings. The summed E-state index contributed by atoms with van der Waals surface area (Å²) in [7, 11) is -3.58. The Hall–Kier alpha value is -2.38. The summed E-state index contributed by atoms with van der Waals surface area (Å²) in [5, 5.41) is 3.15. The normalized spacial score (nSPS) is 18.0. The number of hydrogen-bond donors (Lipinski definition) is 2. The molecule has 0 unspecified atom stereocenters. The lowest BCUT2D eigenvalue weighted by atomic mass is 10.1. The second-order valence-electron chi connectivity index (χ2n) is 5.81. The molecular formula is C18H20N2O4S. The second-order valence-corrected chi connectivity index (χ2v) is 7.49. The minimum atomic E-state index is -3.58. The number of sulfonamides is 1. The van der Waals surface area contributed by atoms with Gasteiger partial charge in [0.1, 0.15) is 11.1 Å². The van der Waals surface area contributed by atoms with Crippen LogP contribution in [0.2, 0.25) is 0 Å². The summed E-state index contributed by atoms with van der Waals surface area (Å²) in [6.45, 7) is 2.43. The number of carbonyl (C=O) groups is 1. The number of ether oxygens (including phenoxy) is 1. The Balaban J connectivity index is 1.76. The van der Waals surface area contributed by atoms with Gasteiger partial charge in [-0.25, -0.2) is 13.2 Å². The Morgan fingerprint density at radius 1 is 1.12 bits per heavy atom. The lowest BCUT2D eigenvalue weighted by molar-refractivity contribution is 0.0499. The number of fused-ring (bicyclic) bond motifs is 1. The summed E-state index contributed by atoms with van der Waals surface area (Å²) in [6.07, 6.45) is 1.20. The highest BCUT2D eigenvalue weighted by atomic mass is 32.2. The summed E-state index contributed by atoms with van der Waals surface area (Å²) in [5.74, 6) is -0.373. The fraction of sp³-hybridized carbons (Fsp3) is 0.278. The van der Waals surface area contributed by atoms with E-state index in [0.29, 0.717) is 23.4 Å². The van der Waals surface area contributed by atoms with Gasteiger partial charge in [-0.2, -0.15) is 4.72 Å². The molecule has 0 saturated carbocycles. The zero-order valence-corrected chi connectivity index (χ0v) is 14.7. The van der Waals surface area contributed by atoms with E-state index < -0.39 is 16.2 Å². The molecule has 0 saturated heterocycles. The summed E-state index contributed by atoms with van der Waals surface area (Å²) < 4.78 is 32.5. The lowest BCUT2D eigenvalue weighted by Crippen LogP contribution is -2.38. The van der Waals surface area contributed by atoms with E-state index in [4.69, 9.17) is 4.74 Å². The Bertz CT molecular complexity index is 863. The van der Waals surface area contributed by atoms with Crippen LogP contribution in [0.4, 0.5) is 5.69 Å². The van der Waals surface area contributed by atoms with E-state index in [0.717, 1.165) is 12.8 Å². The molecule has 2 aromatic rings. The zero-order chi connectivity index (χ0) is 17.9. The minimum Gasteiger partial charge on any atom is -0.462 e. The Labute approximate surface area is 147 Å². The van der Waals surface area contributed by atoms with Crippen molar-refractivity contribution in [3.63, 3.8) is 0 Å². The van der Waals surface area contributed by atoms with Gasteiger partial charge >= 0.3 is 5.97 Å². The van der Waals surface area contributed by atoms with Crippen LogP contribution in [0.15, 0.2) is 53.4 Å². The maximum atomic E-state index is 12.4. The molecule has 3 rings (SSSR count). The van der Waals surface area contributed by atoms with E-state index in [-0.39, 0.29) is 10.9 Å². The monoisotopic (exact) mass is 360 g/mol. The zero-order valence-electron chi connectivity index (χ0n) is 13.9. The molecule has 0 aromatic heterocycles. The number of esters is 1. The predicted molar refractivity (Wildman–Crippen MR) is 94.8 cm³/mol. The first-order chi connectivity index (χ1) is 12.0. The van der Waals surface area contributed by atoms with Crippen molar-refractivity contribution in [2.45, 2.75) is 30.8 Å². The number of para-hydroxylation sites is 1. The first-order valence-electron chi connectivity index (χ1n) is 8.16. The van der Waals surface area contributed by atoms with Crippen molar-refractivity contribution < 1.29 is 17.9 Å². The molecule has 0 fully saturated rings. The lowest BCUT2D eigenvalue weighted by Gasteiger charge is -2.28. The van der Waals surface area contributed by atoms with Crippen molar-refractivity contribution >= 4 is 21.7 Å². The Morgan fingerprint density at radius 2 is 1.84 bits per heavy atom. The molecule has 7 heteroatoms. The van der Waals surface area contributed by atoms with Gasteiger partial charge in [-0.15, -0.1) is 0 Å². The van der Waals surface area contributed by atoms with Gasteiger partial charge in [0.15, 0.2) is 0 Å². The van der Waals surface area contributed by atoms with Gasteiger partial charge in [-0.05, 0) is 36.2 Å². The summed E-state index contributed by atoms with van der Waals surface area (Å²) >= 11 is 0. The molecule has 1 atom stereocenters. The molecule has 6 nitrogen and oxygen atoms in total. The average molecular weight is 360 g/mol. The van der Waals surface area contributed by atoms with Crippen LogP contribution >= 0.6 is 0 Å². The van der Waals surface area contributed by atoms with E-state index in [1.165, 1.54) is 0 Å². The highest BCUT2D eigenvalue weighted by Crippen LogP contribution is 2.30. The third-order valence-corrected chi connectivity index (χ3v) is 5.44. The summed E-state index contributed by atoms with van der Waals surface area (Å²) in [4.78, 5) is 12.1. The Kier molecular flexibility index (Phi) is 5.06. The van der Waals surface area contributed by atoms with Gasteiger partial charge in [0.2, 0.25) is 10.0 Å². The molecule has 0 bridgehead atoms. The van der Waals surface area contributed by atoms with Crippen molar-refractivity contribution in [2.75, 3.05) is 11.9 Å². The largest absolute Gasteiger partial charge is 0.462 e. The third kappa shape index (κ3) is 3.83. The molecule has 1 aliphatic heterocycles. The minimum absolute atomic E-state index is 0.224. The van der Waals surface area contributed by atoms with Gasteiger partial charge in [-0.1, -0.05) is 37.6 Å². The van der Waals surface area contributed by atoms with Crippen LogP contribution in [-0.2, 0) is 14.8 Å². The summed E-state index contributed by atoms with van der Waals surface area (Å²) in [6, 6.07) is 13.4. The molecule has 25 heavy (non-hydrogen) atoms. The van der Waals surface area contributed by atoms with Crippen molar-refractivity contribution in [3.05, 3.63) is 59.7 Å². The van der Waals surface area contributed by atoms with Gasteiger partial charge in [0, 0.05) is 0 Å². The summed E-state index contributed by atoms with van der Waals surface area (Å²) in [5.41, 5.74) is 1.71. The maximum Gasteiger partial charge on any atom is 0.338 e. The number of nitrogens with one attached hydrogen (secondary N) is 2. The van der Waals surface area contributed by atoms with Crippen LogP contribution in [-0.4, -0.2) is 21.0 Å². The number of anilines is 1. The van der Waals surface area contributed by atoms with E-state index in [1.54, 1.807) is 48.5 Å². The fourth-order valence-corrected chi connectivity index (χ4v) is 3.89. The van der Waals surface area contributed by atoms with E-state index >= 15 is 0 Å². The van der Waals surface area contributed by atoms with Gasteiger partial charge in [0.25, 0.3) is 0 Å². The van der Waals surface area contributed by atoms with Gasteiger partial charge in [-0.3, -0.25) is 0 Å². The topological polar surface area (TPSA) is 84.5 Å². The molecular weight excluding hydrogens is 340 g/mol. The van der Waals surface area contributed by atoms with Gasteiger partial charge in [0.05, 0.1) is 17.9 Å². The molecule has 2 N–H and O–H groups in total. The first-order valence-corrected chi connectivity index (χ1v) is 9.64. The SMILES string of the molecule is CCCCOC(=O)c1ccc([C@H]2Nc3ccccc3S(=O)(=O)N2)cc1. The van der Waals surface area contributed by atoms with E-state index in [2.05, 4.69) is 10.0 Å². The highest BCUT2D eigenvalue weighted by Gasteiger charge is 2.29. The standard InChI is InChI=1S/C18H20N2O4S/c1-2-3-12-24-18(21)14-10-8-13(9-11-14)17-19-15-6-4-5-7-16(15)25(22,23)20-17/h4-11,17,19-20H,2-3,12H2,1H3/t17-/m0/s1. The van der Waals surface area contributed by atoms with Gasteiger partial charge < -0.3 is 10.1 Å². The van der Waals surface area contributed by atoms with E-state index in [1.807, 2.05) is 6.92 Å². The quantitative estimate of drug-likeness (QED) is 0.632. The fourth-order valence-electron chi connectivity index (χ4n) is 2.58. The first kappa shape index (κ1) is 17.4. The number of unbranched alkanes of at least 4 members (excludes halogenated alkanes) is 1. The molecule has 0 spiro atoms. The van der Waals surface area contributed by atoms with E-state index in [9.17, 15) is 13.2 Å². The van der Waals surface area contributed by atoms with Crippen molar-refractivity contribution in [3.8, 4) is 0 Å². The third-order valence-electron chi connectivity index (χ3n) is 3.96. The molecule has 2 aromatic carbocycles. The highest BCUT2D eigenvalue weighted by molar-refractivity contribution is 7.89. The molecule has 1 heterocycles. The maximum absolute atomic E-state index is 12.4. The van der Waals surface area contributed by atoms with Crippen LogP contribution in [0, 0.1) is 0 Å². The number of carbonyl (C=O) groups excluding carboxylic acids is 1. The second kappa shape index (κ2) is 7.25. The predicted octanol–water partition coefficient (Wildman–Crippen LogP) is 3.05. The van der Waals surface area contributed by atoms with Crippen molar-refractivity contribution in [2.24, 2.45) is 0 Å². The van der Waals surface area contributed by atoms with Crippen LogP contribution < -0.4 is 10.0 Å². The van der Waals surface area contributed by atoms with Crippen LogP contribution in [0.3, 0.4) is 0 Å². The molecule has 0 radical (unpaired) electrons. The van der Waals surface area contributed by atoms with Crippen LogP contribution in [0.5, 0.6) is 0 Å².